The molecule has 2 aliphatic rings. The number of aromatic nitrogens is 2. The van der Waals surface area contributed by atoms with E-state index in [0.29, 0.717) is 36.7 Å². The molecule has 0 spiro atoms. The normalized spacial score (nSPS) is 15.9. The van der Waals surface area contributed by atoms with Gasteiger partial charge in [-0.1, -0.05) is 18.2 Å². The van der Waals surface area contributed by atoms with E-state index in [-0.39, 0.29) is 24.6 Å². The number of halogens is 2. The quantitative estimate of drug-likeness (QED) is 0.311. The van der Waals surface area contributed by atoms with Crippen LogP contribution in [0.4, 0.5) is 25.0 Å². The molecule has 0 aliphatic carbocycles. The van der Waals surface area contributed by atoms with Crippen molar-refractivity contribution in [2.24, 2.45) is 0 Å². The lowest BCUT2D eigenvalue weighted by Gasteiger charge is -2.37. The van der Waals surface area contributed by atoms with Crippen molar-refractivity contribution in [1.82, 2.24) is 14.5 Å². The van der Waals surface area contributed by atoms with Gasteiger partial charge in [-0.05, 0) is 25.1 Å². The molecule has 0 N–H and O–H groups in total. The number of nitrogens with zero attached hydrogens (tertiary/aromatic N) is 5. The Morgan fingerprint density at radius 3 is 2.29 bits per heavy atom. The number of amides is 2. The van der Waals surface area contributed by atoms with Crippen molar-refractivity contribution < 1.29 is 27.8 Å². The van der Waals surface area contributed by atoms with Crippen molar-refractivity contribution in [3.63, 3.8) is 0 Å². The number of fused-ring (bicyclic) bond motifs is 3. The number of anilines is 2. The number of methoxy groups -OCH3 is 2. The molecule has 0 saturated carbocycles. The minimum atomic E-state index is -0.976. The molecular weight excluding hydrogens is 532 g/mol. The maximum absolute atomic E-state index is 15.5. The zero-order valence-electron chi connectivity index (χ0n) is 23.2. The molecule has 2 aromatic heterocycles. The second kappa shape index (κ2) is 11.0. The molecule has 214 valence electrons. The molecule has 1 saturated heterocycles. The second-order valence-electron chi connectivity index (χ2n) is 9.94. The van der Waals surface area contributed by atoms with Gasteiger partial charge in [0.05, 0.1) is 39.7 Å². The van der Waals surface area contributed by atoms with Crippen LogP contribution in [-0.2, 0) is 17.8 Å². The molecule has 0 atom stereocenters. The van der Waals surface area contributed by atoms with Crippen LogP contribution in [0.1, 0.15) is 18.2 Å². The van der Waals surface area contributed by atoms with Crippen LogP contribution in [0, 0.1) is 11.6 Å². The summed E-state index contributed by atoms with van der Waals surface area (Å²) in [5, 5.41) is 0.800. The van der Waals surface area contributed by atoms with E-state index in [1.807, 2.05) is 37.3 Å². The Hall–Kier alpha value is -4.22. The van der Waals surface area contributed by atoms with Gasteiger partial charge in [0.25, 0.3) is 0 Å². The topological polar surface area (TPSA) is 72.3 Å². The van der Waals surface area contributed by atoms with E-state index in [1.54, 1.807) is 11.1 Å². The first kappa shape index (κ1) is 27.0. The highest BCUT2D eigenvalue weighted by Gasteiger charge is 2.37. The van der Waals surface area contributed by atoms with Crippen molar-refractivity contribution in [2.75, 3.05) is 56.9 Å². The third-order valence-corrected chi connectivity index (χ3v) is 7.65. The number of pyridine rings is 1. The van der Waals surface area contributed by atoms with E-state index in [9.17, 15) is 4.79 Å². The summed E-state index contributed by atoms with van der Waals surface area (Å²) in [6.45, 7) is 5.70. The highest BCUT2D eigenvalue weighted by molar-refractivity contribution is 6.11. The maximum Gasteiger partial charge on any atom is 0.329 e. The van der Waals surface area contributed by atoms with Gasteiger partial charge in [0, 0.05) is 60.8 Å². The molecule has 6 rings (SSSR count). The minimum Gasteiger partial charge on any atom is -0.493 e. The molecule has 0 radical (unpaired) electrons. The number of carbonyl (C=O) groups excluding carboxylic acids is 1. The van der Waals surface area contributed by atoms with Crippen molar-refractivity contribution in [3.05, 3.63) is 71.6 Å². The van der Waals surface area contributed by atoms with Gasteiger partial charge in [-0.25, -0.2) is 18.6 Å². The van der Waals surface area contributed by atoms with Crippen LogP contribution in [0.25, 0.3) is 16.7 Å². The monoisotopic (exact) mass is 563 g/mol. The number of benzene rings is 2. The first-order valence-electron chi connectivity index (χ1n) is 13.5. The van der Waals surface area contributed by atoms with Gasteiger partial charge in [0.1, 0.15) is 11.3 Å². The number of hydrogen-bond donors (Lipinski definition) is 0. The van der Waals surface area contributed by atoms with Gasteiger partial charge in [-0.15, -0.1) is 0 Å². The van der Waals surface area contributed by atoms with Crippen LogP contribution >= 0.6 is 0 Å². The Morgan fingerprint density at radius 2 is 1.66 bits per heavy atom. The molecule has 1 fully saturated rings. The number of ether oxygens (including phenoxy) is 3. The lowest BCUT2D eigenvalue weighted by atomic mass is 10.1. The molecule has 4 aromatic rings. The van der Waals surface area contributed by atoms with Crippen molar-refractivity contribution in [1.29, 1.82) is 0 Å². The van der Waals surface area contributed by atoms with E-state index in [4.69, 9.17) is 19.2 Å². The highest BCUT2D eigenvalue weighted by Crippen LogP contribution is 2.43. The third-order valence-electron chi connectivity index (χ3n) is 7.65. The van der Waals surface area contributed by atoms with E-state index >= 15 is 8.78 Å². The van der Waals surface area contributed by atoms with E-state index in [0.717, 1.165) is 40.8 Å². The summed E-state index contributed by atoms with van der Waals surface area (Å²) in [5.41, 5.74) is 3.52. The average molecular weight is 564 g/mol. The zero-order valence-corrected chi connectivity index (χ0v) is 23.2. The summed E-state index contributed by atoms with van der Waals surface area (Å²) in [6.07, 6.45) is 1.69. The summed E-state index contributed by atoms with van der Waals surface area (Å²) in [5.74, 6) is -2.39. The summed E-state index contributed by atoms with van der Waals surface area (Å²) in [7, 11) is 2.55. The fraction of sp³-hybridized carbons (Fsp3) is 0.333. The fourth-order valence-corrected chi connectivity index (χ4v) is 5.69. The molecule has 2 amide bonds. The van der Waals surface area contributed by atoms with Crippen molar-refractivity contribution >= 4 is 28.4 Å². The molecule has 0 unspecified atom stereocenters. The van der Waals surface area contributed by atoms with Gasteiger partial charge < -0.3 is 14.2 Å². The van der Waals surface area contributed by atoms with Crippen molar-refractivity contribution in [3.8, 4) is 17.2 Å². The summed E-state index contributed by atoms with van der Waals surface area (Å²) in [6, 6.07) is 12.6. The first-order valence-corrected chi connectivity index (χ1v) is 13.5. The maximum atomic E-state index is 15.5. The molecule has 2 aromatic carbocycles. The number of rotatable bonds is 7. The molecule has 41 heavy (non-hydrogen) atoms. The molecule has 2 aliphatic heterocycles. The number of para-hydroxylation sites is 1. The van der Waals surface area contributed by atoms with Crippen LogP contribution in [0.2, 0.25) is 0 Å². The lowest BCUT2D eigenvalue weighted by Crippen LogP contribution is -2.48. The van der Waals surface area contributed by atoms with Gasteiger partial charge in [0.2, 0.25) is 0 Å². The highest BCUT2D eigenvalue weighted by atomic mass is 19.1. The standard InChI is InChI=1S/C30H31F2N5O4/c1-4-35-27-19(17-36(30(35)38)28-25(31)23(39-2)15-24(40-3)26(28)32)16-33-29-22(27)14-21(18-34-10-12-41-13-11-34)37(29)20-8-6-5-7-9-20/h5-9,14-16H,4,10-13,17-18H2,1-3H3. The summed E-state index contributed by atoms with van der Waals surface area (Å²) in [4.78, 5) is 23.7. The number of urea groups is 1. The van der Waals surface area contributed by atoms with Gasteiger partial charge in [0.15, 0.2) is 23.1 Å². The van der Waals surface area contributed by atoms with E-state index < -0.39 is 23.4 Å². The SMILES string of the molecule is CCN1C(=O)N(c2c(F)c(OC)cc(OC)c2F)Cc2cnc3c(cc(CN4CCOCC4)n3-c3ccccc3)c21. The minimum absolute atomic E-state index is 0.0763. The van der Waals surface area contributed by atoms with Gasteiger partial charge in [-0.2, -0.15) is 0 Å². The molecular formula is C30H31F2N5O4. The Labute approximate surface area is 236 Å². The number of morpholine rings is 1. The van der Waals surface area contributed by atoms with Gasteiger partial charge >= 0.3 is 6.03 Å². The van der Waals surface area contributed by atoms with Crippen molar-refractivity contribution in [2.45, 2.75) is 20.0 Å². The predicted octanol–water partition coefficient (Wildman–Crippen LogP) is 5.12. The summed E-state index contributed by atoms with van der Waals surface area (Å²) >= 11 is 0. The Kier molecular flexibility index (Phi) is 7.22. The first-order chi connectivity index (χ1) is 20.0. The predicted molar refractivity (Wildman–Crippen MR) is 151 cm³/mol. The van der Waals surface area contributed by atoms with Gasteiger partial charge in [-0.3, -0.25) is 19.3 Å². The smallest absolute Gasteiger partial charge is 0.329 e. The number of hydrogen-bond acceptors (Lipinski definition) is 6. The largest absolute Gasteiger partial charge is 0.493 e. The Balaban J connectivity index is 1.51. The Bertz CT molecular complexity index is 1580. The van der Waals surface area contributed by atoms with Crippen LogP contribution in [-0.4, -0.2) is 67.5 Å². The lowest BCUT2D eigenvalue weighted by molar-refractivity contribution is 0.0335. The summed E-state index contributed by atoms with van der Waals surface area (Å²) < 4.78 is 48.8. The van der Waals surface area contributed by atoms with E-state index in [2.05, 4.69) is 15.5 Å². The molecule has 9 nitrogen and oxygen atoms in total. The molecule has 4 heterocycles. The Morgan fingerprint density at radius 1 is 0.976 bits per heavy atom. The second-order valence-corrected chi connectivity index (χ2v) is 9.94. The fourth-order valence-electron chi connectivity index (χ4n) is 5.69. The number of carbonyl (C=O) groups is 1. The van der Waals surface area contributed by atoms with Crippen LogP contribution in [0.3, 0.4) is 0 Å². The molecule has 11 heteroatoms. The van der Waals surface area contributed by atoms with Crippen LogP contribution in [0.5, 0.6) is 11.5 Å². The molecule has 0 bridgehead atoms. The average Bonchev–Trinajstić information content (AvgIpc) is 3.36. The zero-order chi connectivity index (χ0) is 28.7. The van der Waals surface area contributed by atoms with Crippen LogP contribution in [0.15, 0.2) is 48.7 Å². The van der Waals surface area contributed by atoms with E-state index in [1.165, 1.54) is 14.2 Å². The van der Waals surface area contributed by atoms with Crippen LogP contribution < -0.4 is 19.3 Å². The third kappa shape index (κ3) is 4.54.